The lowest BCUT2D eigenvalue weighted by molar-refractivity contribution is -0.122. The Bertz CT molecular complexity index is 739. The summed E-state index contributed by atoms with van der Waals surface area (Å²) < 4.78 is 13.0. The Morgan fingerprint density at radius 2 is 1.92 bits per heavy atom. The molecule has 5 heteroatoms. The zero-order chi connectivity index (χ0) is 17.2. The van der Waals surface area contributed by atoms with Crippen LogP contribution in [0.5, 0.6) is 0 Å². The molecule has 2 heterocycles. The van der Waals surface area contributed by atoms with Crippen LogP contribution < -0.4 is 10.2 Å². The van der Waals surface area contributed by atoms with E-state index in [4.69, 9.17) is 0 Å². The zero-order valence-corrected chi connectivity index (χ0v) is 14.1. The van der Waals surface area contributed by atoms with Crippen LogP contribution >= 0.6 is 0 Å². The average Bonchev–Trinajstić information content (AvgIpc) is 3.25. The number of hydrogen-bond donors (Lipinski definition) is 1. The van der Waals surface area contributed by atoms with Crippen LogP contribution in [0.1, 0.15) is 36.3 Å². The van der Waals surface area contributed by atoms with Crippen molar-refractivity contribution >= 4 is 11.7 Å². The summed E-state index contributed by atoms with van der Waals surface area (Å²) in [5, 5.41) is 2.99. The van der Waals surface area contributed by atoms with Crippen molar-refractivity contribution in [1.29, 1.82) is 0 Å². The van der Waals surface area contributed by atoms with Crippen LogP contribution in [0.2, 0.25) is 0 Å². The van der Waals surface area contributed by atoms with E-state index < -0.39 is 0 Å². The Hall–Kier alpha value is -2.43. The van der Waals surface area contributed by atoms with E-state index in [1.54, 1.807) is 12.1 Å². The van der Waals surface area contributed by atoms with E-state index in [2.05, 4.69) is 15.2 Å². The minimum atomic E-state index is -0.240. The summed E-state index contributed by atoms with van der Waals surface area (Å²) in [4.78, 5) is 19.1. The topological polar surface area (TPSA) is 45.2 Å². The summed E-state index contributed by atoms with van der Waals surface area (Å²) in [5.41, 5.74) is 2.05. The van der Waals surface area contributed by atoms with Crippen LogP contribution in [0.4, 0.5) is 10.2 Å². The van der Waals surface area contributed by atoms with E-state index in [-0.39, 0.29) is 23.6 Å². The molecular weight excluding hydrogens is 317 g/mol. The lowest BCUT2D eigenvalue weighted by atomic mass is 10.1. The molecule has 0 spiro atoms. The van der Waals surface area contributed by atoms with Crippen LogP contribution in [-0.4, -0.2) is 24.0 Å². The molecule has 1 aliphatic carbocycles. The molecule has 2 fully saturated rings. The quantitative estimate of drug-likeness (QED) is 0.910. The van der Waals surface area contributed by atoms with E-state index in [0.717, 1.165) is 36.5 Å². The van der Waals surface area contributed by atoms with Gasteiger partial charge in [-0.05, 0) is 54.5 Å². The van der Waals surface area contributed by atoms with Gasteiger partial charge in [0, 0.05) is 31.7 Å². The maximum absolute atomic E-state index is 13.0. The van der Waals surface area contributed by atoms with Gasteiger partial charge in [-0.15, -0.1) is 0 Å². The third-order valence-corrected chi connectivity index (χ3v) is 5.13. The molecule has 1 saturated heterocycles. The summed E-state index contributed by atoms with van der Waals surface area (Å²) in [6, 6.07) is 10.5. The molecule has 25 heavy (non-hydrogen) atoms. The van der Waals surface area contributed by atoms with Crippen molar-refractivity contribution in [2.75, 3.05) is 18.0 Å². The summed E-state index contributed by atoms with van der Waals surface area (Å²) in [7, 11) is 0. The second kappa shape index (κ2) is 6.82. The Balaban J connectivity index is 1.28. The van der Waals surface area contributed by atoms with Crippen LogP contribution in [0, 0.1) is 11.7 Å². The van der Waals surface area contributed by atoms with Crippen LogP contribution in [0.15, 0.2) is 42.6 Å². The Kier molecular flexibility index (Phi) is 4.38. The van der Waals surface area contributed by atoms with Crippen molar-refractivity contribution in [3.63, 3.8) is 0 Å². The lowest BCUT2D eigenvalue weighted by Gasteiger charge is -2.16. The summed E-state index contributed by atoms with van der Waals surface area (Å²) >= 11 is 0. The molecule has 2 atom stereocenters. The molecule has 1 aromatic carbocycles. The van der Waals surface area contributed by atoms with Crippen molar-refractivity contribution < 1.29 is 9.18 Å². The van der Waals surface area contributed by atoms with Crippen LogP contribution in [0.3, 0.4) is 0 Å². The van der Waals surface area contributed by atoms with Gasteiger partial charge in [0.15, 0.2) is 0 Å². The number of pyridine rings is 1. The largest absolute Gasteiger partial charge is 0.357 e. The van der Waals surface area contributed by atoms with E-state index >= 15 is 0 Å². The number of benzene rings is 1. The molecule has 1 saturated carbocycles. The summed E-state index contributed by atoms with van der Waals surface area (Å²) in [5.74, 6) is 1.07. The molecule has 2 unspecified atom stereocenters. The first-order valence-electron chi connectivity index (χ1n) is 8.94. The van der Waals surface area contributed by atoms with Crippen molar-refractivity contribution in [2.45, 2.75) is 31.7 Å². The predicted molar refractivity (Wildman–Crippen MR) is 94.8 cm³/mol. The van der Waals surface area contributed by atoms with Gasteiger partial charge in [-0.3, -0.25) is 4.79 Å². The van der Waals surface area contributed by atoms with Crippen molar-refractivity contribution in [3.8, 4) is 0 Å². The number of halogens is 1. The fraction of sp³-hybridized carbons (Fsp3) is 0.400. The maximum atomic E-state index is 13.0. The summed E-state index contributed by atoms with van der Waals surface area (Å²) in [6.45, 7) is 2.66. The van der Waals surface area contributed by atoms with Gasteiger partial charge >= 0.3 is 0 Å². The Morgan fingerprint density at radius 1 is 1.16 bits per heavy atom. The summed E-state index contributed by atoms with van der Waals surface area (Å²) in [6.07, 6.45) is 5.15. The third kappa shape index (κ3) is 3.65. The van der Waals surface area contributed by atoms with Gasteiger partial charge in [0.1, 0.15) is 11.6 Å². The van der Waals surface area contributed by atoms with Gasteiger partial charge in [0.2, 0.25) is 5.91 Å². The minimum absolute atomic E-state index is 0.00212. The van der Waals surface area contributed by atoms with E-state index in [9.17, 15) is 9.18 Å². The first kappa shape index (κ1) is 16.1. The number of nitrogens with one attached hydrogen (secondary N) is 1. The highest BCUT2D eigenvalue weighted by atomic mass is 19.1. The van der Waals surface area contributed by atoms with Gasteiger partial charge in [0.05, 0.1) is 0 Å². The predicted octanol–water partition coefficient (Wildman–Crippen LogP) is 3.24. The lowest BCUT2D eigenvalue weighted by Crippen LogP contribution is -2.25. The molecule has 1 aliphatic heterocycles. The molecule has 2 aromatic rings. The van der Waals surface area contributed by atoms with Crippen molar-refractivity contribution in [2.24, 2.45) is 5.92 Å². The molecular formula is C20H22FN3O. The normalized spacial score (nSPS) is 22.0. The Morgan fingerprint density at radius 3 is 2.60 bits per heavy atom. The fourth-order valence-corrected chi connectivity index (χ4v) is 3.54. The van der Waals surface area contributed by atoms with Crippen molar-refractivity contribution in [1.82, 2.24) is 10.3 Å². The fourth-order valence-electron chi connectivity index (χ4n) is 3.54. The van der Waals surface area contributed by atoms with Gasteiger partial charge < -0.3 is 10.2 Å². The first-order chi connectivity index (χ1) is 12.2. The van der Waals surface area contributed by atoms with Gasteiger partial charge in [-0.2, -0.15) is 0 Å². The number of rotatable bonds is 5. The molecule has 0 bridgehead atoms. The van der Waals surface area contributed by atoms with Crippen molar-refractivity contribution in [3.05, 3.63) is 59.5 Å². The highest BCUT2D eigenvalue weighted by Crippen LogP contribution is 2.47. The van der Waals surface area contributed by atoms with Gasteiger partial charge in [0.25, 0.3) is 0 Å². The third-order valence-electron chi connectivity index (χ3n) is 5.13. The number of hydrogen-bond acceptors (Lipinski definition) is 3. The molecule has 2 aliphatic rings. The zero-order valence-electron chi connectivity index (χ0n) is 14.1. The minimum Gasteiger partial charge on any atom is -0.357 e. The highest BCUT2D eigenvalue weighted by molar-refractivity contribution is 5.82. The number of carbonyl (C=O) groups is 1. The number of nitrogens with zero attached hydrogens (tertiary/aromatic N) is 2. The number of amides is 1. The smallest absolute Gasteiger partial charge is 0.224 e. The molecule has 130 valence electrons. The number of anilines is 1. The van der Waals surface area contributed by atoms with Gasteiger partial charge in [-0.25, -0.2) is 9.37 Å². The molecule has 0 radical (unpaired) electrons. The average molecular weight is 339 g/mol. The highest BCUT2D eigenvalue weighted by Gasteiger charge is 2.43. The van der Waals surface area contributed by atoms with Gasteiger partial charge in [-0.1, -0.05) is 18.2 Å². The second-order valence-corrected chi connectivity index (χ2v) is 6.94. The molecule has 4 nitrogen and oxygen atoms in total. The van der Waals surface area contributed by atoms with E-state index in [0.29, 0.717) is 6.54 Å². The second-order valence-electron chi connectivity index (χ2n) is 6.94. The molecule has 1 amide bonds. The number of aromatic nitrogens is 1. The van der Waals surface area contributed by atoms with Crippen LogP contribution in [0.25, 0.3) is 0 Å². The number of carbonyl (C=O) groups excluding carboxylic acids is 1. The SMILES string of the molecule is O=C(NCc1ccc(N2CCCC2)nc1)C1CC1c1ccc(F)cc1. The van der Waals surface area contributed by atoms with E-state index in [1.165, 1.54) is 25.0 Å². The Labute approximate surface area is 147 Å². The monoisotopic (exact) mass is 339 g/mol. The maximum Gasteiger partial charge on any atom is 0.224 e. The molecule has 4 rings (SSSR count). The van der Waals surface area contributed by atoms with E-state index in [1.807, 2.05) is 18.3 Å². The molecule has 1 aromatic heterocycles. The van der Waals surface area contributed by atoms with Crippen LogP contribution in [-0.2, 0) is 11.3 Å². The standard InChI is InChI=1S/C20H22FN3O/c21-16-6-4-15(5-7-16)17-11-18(17)20(25)23-13-14-3-8-19(22-12-14)24-9-1-2-10-24/h3-8,12,17-18H,1-2,9-11,13H2,(H,23,25). The molecule has 1 N–H and O–H groups in total. The first-order valence-corrected chi connectivity index (χ1v) is 8.94.